The van der Waals surface area contributed by atoms with Crippen molar-refractivity contribution >= 4 is 28.7 Å². The Labute approximate surface area is 143 Å². The molecule has 1 aromatic heterocycles. The molecule has 0 aliphatic carbocycles. The fraction of sp³-hybridized carbons (Fsp3) is 0.467. The van der Waals surface area contributed by atoms with Crippen molar-refractivity contribution in [2.45, 2.75) is 12.6 Å². The van der Waals surface area contributed by atoms with Crippen LogP contribution < -0.4 is 9.64 Å². The van der Waals surface area contributed by atoms with Gasteiger partial charge in [0.25, 0.3) is 0 Å². The summed E-state index contributed by atoms with van der Waals surface area (Å²) < 4.78 is 13.2. The molecule has 0 radical (unpaired) electrons. The van der Waals surface area contributed by atoms with E-state index in [0.29, 0.717) is 23.7 Å². The summed E-state index contributed by atoms with van der Waals surface area (Å²) in [6, 6.07) is 9.43. The Morgan fingerprint density at radius 3 is 2.78 bits per heavy atom. The Bertz CT molecular complexity index is 668. The van der Waals surface area contributed by atoms with Crippen molar-refractivity contribution < 1.29 is 14.6 Å². The van der Waals surface area contributed by atoms with Crippen LogP contribution >= 0.6 is 23.6 Å². The number of hydrogen-bond donors (Lipinski definition) is 1. The highest BCUT2D eigenvalue weighted by Crippen LogP contribution is 2.21. The van der Waals surface area contributed by atoms with Crippen molar-refractivity contribution in [3.05, 3.63) is 34.3 Å². The SMILES string of the molecule is OC(COc1ccccc1)Cn1nc(N2CCOCC2)sc1=S. The third kappa shape index (κ3) is 4.51. The van der Waals surface area contributed by atoms with E-state index in [1.807, 2.05) is 30.3 Å². The van der Waals surface area contributed by atoms with Crippen LogP contribution in [0.15, 0.2) is 30.3 Å². The first-order valence-electron chi connectivity index (χ1n) is 7.49. The second kappa shape index (κ2) is 7.87. The van der Waals surface area contributed by atoms with Gasteiger partial charge in [-0.25, -0.2) is 4.68 Å². The van der Waals surface area contributed by atoms with Crippen molar-refractivity contribution in [1.29, 1.82) is 0 Å². The molecule has 8 heteroatoms. The van der Waals surface area contributed by atoms with Gasteiger partial charge < -0.3 is 19.5 Å². The molecule has 6 nitrogen and oxygen atoms in total. The van der Waals surface area contributed by atoms with Crippen LogP contribution in [0.1, 0.15) is 0 Å². The molecule has 1 aromatic carbocycles. The average molecular weight is 353 g/mol. The van der Waals surface area contributed by atoms with Crippen molar-refractivity contribution in [3.63, 3.8) is 0 Å². The van der Waals surface area contributed by atoms with Crippen molar-refractivity contribution in [3.8, 4) is 5.75 Å². The summed E-state index contributed by atoms with van der Waals surface area (Å²) in [5, 5.41) is 15.5. The lowest BCUT2D eigenvalue weighted by Crippen LogP contribution is -2.36. The van der Waals surface area contributed by atoms with Crippen LogP contribution in [-0.2, 0) is 11.3 Å². The van der Waals surface area contributed by atoms with Crippen LogP contribution in [0.25, 0.3) is 0 Å². The Hall–Kier alpha value is -1.48. The number of aromatic nitrogens is 2. The van der Waals surface area contributed by atoms with Gasteiger partial charge in [-0.15, -0.1) is 5.10 Å². The van der Waals surface area contributed by atoms with Crippen LogP contribution in [0.3, 0.4) is 0 Å². The van der Waals surface area contributed by atoms with Crippen LogP contribution in [0.5, 0.6) is 5.75 Å². The van der Waals surface area contributed by atoms with Gasteiger partial charge in [0.05, 0.1) is 19.8 Å². The van der Waals surface area contributed by atoms with E-state index in [2.05, 4.69) is 10.00 Å². The Morgan fingerprint density at radius 2 is 2.04 bits per heavy atom. The molecule has 1 aliphatic heterocycles. The van der Waals surface area contributed by atoms with E-state index in [0.717, 1.165) is 24.0 Å². The monoisotopic (exact) mass is 353 g/mol. The van der Waals surface area contributed by atoms with Gasteiger partial charge in [0.2, 0.25) is 5.13 Å². The molecule has 1 atom stereocenters. The molecule has 2 aromatic rings. The molecular weight excluding hydrogens is 334 g/mol. The molecule has 1 fully saturated rings. The summed E-state index contributed by atoms with van der Waals surface area (Å²) in [5.41, 5.74) is 0. The fourth-order valence-electron chi connectivity index (χ4n) is 2.25. The van der Waals surface area contributed by atoms with E-state index in [-0.39, 0.29) is 6.61 Å². The Morgan fingerprint density at radius 1 is 1.30 bits per heavy atom. The molecule has 1 aliphatic rings. The maximum atomic E-state index is 10.1. The zero-order valence-corrected chi connectivity index (χ0v) is 14.3. The third-order valence-corrected chi connectivity index (χ3v) is 4.82. The molecule has 23 heavy (non-hydrogen) atoms. The highest BCUT2D eigenvalue weighted by atomic mass is 32.1. The molecule has 1 N–H and O–H groups in total. The van der Waals surface area contributed by atoms with E-state index in [4.69, 9.17) is 21.7 Å². The van der Waals surface area contributed by atoms with Crippen LogP contribution in [0.4, 0.5) is 5.13 Å². The molecule has 0 saturated carbocycles. The lowest BCUT2D eigenvalue weighted by atomic mass is 10.3. The summed E-state index contributed by atoms with van der Waals surface area (Å²) in [6.07, 6.45) is -0.665. The van der Waals surface area contributed by atoms with Crippen molar-refractivity contribution in [2.24, 2.45) is 0 Å². The van der Waals surface area contributed by atoms with Gasteiger partial charge in [-0.3, -0.25) is 0 Å². The lowest BCUT2D eigenvalue weighted by Gasteiger charge is -2.25. The van der Waals surface area contributed by atoms with Crippen LogP contribution in [0, 0.1) is 3.95 Å². The van der Waals surface area contributed by atoms with Gasteiger partial charge in [-0.1, -0.05) is 29.5 Å². The molecule has 124 valence electrons. The smallest absolute Gasteiger partial charge is 0.207 e. The zero-order valence-electron chi connectivity index (χ0n) is 12.6. The molecule has 0 amide bonds. The molecular formula is C15H19N3O3S2. The van der Waals surface area contributed by atoms with Crippen LogP contribution in [0.2, 0.25) is 0 Å². The second-order valence-corrected chi connectivity index (χ2v) is 6.81. The second-order valence-electron chi connectivity index (χ2n) is 5.21. The van der Waals surface area contributed by atoms with Crippen molar-refractivity contribution in [2.75, 3.05) is 37.8 Å². The number of rotatable bonds is 6. The van der Waals surface area contributed by atoms with E-state index in [9.17, 15) is 5.11 Å². The molecule has 0 bridgehead atoms. The maximum Gasteiger partial charge on any atom is 0.207 e. The molecule has 2 heterocycles. The number of nitrogens with zero attached hydrogens (tertiary/aromatic N) is 3. The minimum Gasteiger partial charge on any atom is -0.491 e. The Kier molecular flexibility index (Phi) is 5.60. The topological polar surface area (TPSA) is 59.8 Å². The van der Waals surface area contributed by atoms with E-state index in [1.165, 1.54) is 11.3 Å². The predicted octanol–water partition coefficient (Wildman–Crippen LogP) is 1.95. The highest BCUT2D eigenvalue weighted by molar-refractivity contribution is 7.73. The lowest BCUT2D eigenvalue weighted by molar-refractivity contribution is 0.0890. The number of hydrogen-bond acceptors (Lipinski definition) is 7. The summed E-state index contributed by atoms with van der Waals surface area (Å²) in [6.45, 7) is 3.59. The Balaban J connectivity index is 1.56. The maximum absolute atomic E-state index is 10.1. The standard InChI is InChI=1S/C15H19N3O3S2/c19-12(11-21-13-4-2-1-3-5-13)10-18-15(22)23-14(16-18)17-6-8-20-9-7-17/h1-5,12,19H,6-11H2. The molecule has 1 saturated heterocycles. The number of aliphatic hydroxyl groups excluding tert-OH is 1. The summed E-state index contributed by atoms with van der Waals surface area (Å²) in [7, 11) is 0. The first kappa shape index (κ1) is 16.4. The van der Waals surface area contributed by atoms with E-state index in [1.54, 1.807) is 4.68 Å². The number of anilines is 1. The first-order valence-corrected chi connectivity index (χ1v) is 8.71. The number of aliphatic hydroxyl groups is 1. The summed E-state index contributed by atoms with van der Waals surface area (Å²) in [5.74, 6) is 0.738. The molecule has 3 rings (SSSR count). The van der Waals surface area contributed by atoms with Crippen LogP contribution in [-0.4, -0.2) is 53.9 Å². The van der Waals surface area contributed by atoms with E-state index < -0.39 is 6.10 Å². The first-order chi connectivity index (χ1) is 11.2. The van der Waals surface area contributed by atoms with E-state index >= 15 is 0 Å². The quantitative estimate of drug-likeness (QED) is 0.801. The number of benzene rings is 1. The minimum absolute atomic E-state index is 0.205. The summed E-state index contributed by atoms with van der Waals surface area (Å²) >= 11 is 6.81. The third-order valence-electron chi connectivity index (χ3n) is 3.45. The van der Waals surface area contributed by atoms with Gasteiger partial charge in [0, 0.05) is 13.1 Å². The predicted molar refractivity (Wildman–Crippen MR) is 91.9 cm³/mol. The summed E-state index contributed by atoms with van der Waals surface area (Å²) in [4.78, 5) is 2.16. The fourth-order valence-corrected chi connectivity index (χ4v) is 3.42. The van der Waals surface area contributed by atoms with Gasteiger partial charge in [0.15, 0.2) is 3.95 Å². The largest absolute Gasteiger partial charge is 0.491 e. The van der Waals surface area contributed by atoms with Crippen molar-refractivity contribution in [1.82, 2.24) is 9.78 Å². The van der Waals surface area contributed by atoms with Gasteiger partial charge >= 0.3 is 0 Å². The minimum atomic E-state index is -0.665. The van der Waals surface area contributed by atoms with Gasteiger partial charge in [-0.2, -0.15) is 0 Å². The number of morpholine rings is 1. The zero-order chi connectivity index (χ0) is 16.1. The number of para-hydroxylation sites is 1. The normalized spacial score (nSPS) is 16.3. The van der Waals surface area contributed by atoms with Gasteiger partial charge in [-0.05, 0) is 24.4 Å². The highest BCUT2D eigenvalue weighted by Gasteiger charge is 2.17. The molecule has 1 unspecified atom stereocenters. The molecule has 0 spiro atoms. The number of ether oxygens (including phenoxy) is 2. The van der Waals surface area contributed by atoms with Gasteiger partial charge in [0.1, 0.15) is 18.5 Å². The average Bonchev–Trinajstić information content (AvgIpc) is 2.95.